The number of ether oxygens (including phenoxy) is 1. The third-order valence-corrected chi connectivity index (χ3v) is 3.19. The predicted molar refractivity (Wildman–Crippen MR) is 66.4 cm³/mol. The van der Waals surface area contributed by atoms with Crippen molar-refractivity contribution >= 4 is 11.6 Å². The highest BCUT2D eigenvalue weighted by Crippen LogP contribution is 2.20. The van der Waals surface area contributed by atoms with E-state index in [1.54, 1.807) is 14.1 Å². The molecule has 1 atom stereocenters. The van der Waals surface area contributed by atoms with Crippen LogP contribution in [0.25, 0.3) is 0 Å². The van der Waals surface area contributed by atoms with Gasteiger partial charge in [-0.15, -0.1) is 0 Å². The molecule has 0 saturated carbocycles. The van der Waals surface area contributed by atoms with E-state index in [2.05, 4.69) is 15.2 Å². The van der Waals surface area contributed by atoms with Gasteiger partial charge in [0.2, 0.25) is 0 Å². The molecule has 0 radical (unpaired) electrons. The first-order chi connectivity index (χ1) is 8.74. The number of nitrogens with one attached hydrogen (secondary N) is 1. The zero-order valence-corrected chi connectivity index (χ0v) is 11.8. The van der Waals surface area contributed by atoms with Crippen molar-refractivity contribution in [2.75, 3.05) is 20.3 Å². The molecule has 0 aliphatic carbocycles. The van der Waals surface area contributed by atoms with Gasteiger partial charge in [0.25, 0.3) is 0 Å². The number of aromatic nitrogens is 2. The molecule has 4 nitrogen and oxygen atoms in total. The minimum atomic E-state index is -4.31. The second-order valence-corrected chi connectivity index (χ2v) is 4.66. The molecule has 0 aliphatic rings. The predicted octanol–water partition coefficient (Wildman–Crippen LogP) is 2.09. The number of aryl methyl sites for hydroxylation is 2. The van der Waals surface area contributed by atoms with E-state index >= 15 is 0 Å². The fourth-order valence-corrected chi connectivity index (χ4v) is 1.97. The quantitative estimate of drug-likeness (QED) is 0.874. The topological polar surface area (TPSA) is 39.1 Å². The molecular weight excluding hydrogens is 283 g/mol. The Morgan fingerprint density at radius 1 is 1.47 bits per heavy atom. The number of hydrogen-bond donors (Lipinski definition) is 1. The van der Waals surface area contributed by atoms with E-state index in [4.69, 9.17) is 11.6 Å². The summed E-state index contributed by atoms with van der Waals surface area (Å²) in [7, 11) is 3.38. The van der Waals surface area contributed by atoms with E-state index in [1.165, 1.54) is 4.68 Å². The van der Waals surface area contributed by atoms with Gasteiger partial charge in [0.1, 0.15) is 11.8 Å². The van der Waals surface area contributed by atoms with E-state index in [0.29, 0.717) is 11.6 Å². The van der Waals surface area contributed by atoms with Gasteiger partial charge < -0.3 is 10.1 Å². The van der Waals surface area contributed by atoms with Crippen LogP contribution in [-0.2, 0) is 18.2 Å². The largest absolute Gasteiger partial charge is 0.411 e. The standard InChI is InChI=1S/C11H17ClF3N3O/c1-7-9(10(12)18(3)17-7)4-8(16-2)5-19-6-11(13,14)15/h8,16H,4-6H2,1-3H3. The molecule has 1 unspecified atom stereocenters. The van der Waals surface area contributed by atoms with Crippen molar-refractivity contribution in [2.45, 2.75) is 25.6 Å². The number of likely N-dealkylation sites (N-methyl/N-ethyl adjacent to an activating group) is 1. The number of rotatable bonds is 6. The van der Waals surface area contributed by atoms with Crippen molar-refractivity contribution in [3.05, 3.63) is 16.4 Å². The van der Waals surface area contributed by atoms with Gasteiger partial charge in [-0.05, 0) is 20.4 Å². The highest BCUT2D eigenvalue weighted by atomic mass is 35.5. The van der Waals surface area contributed by atoms with Gasteiger partial charge in [0.15, 0.2) is 0 Å². The lowest BCUT2D eigenvalue weighted by Crippen LogP contribution is -2.34. The Kier molecular flexibility index (Phi) is 5.64. The van der Waals surface area contributed by atoms with Crippen molar-refractivity contribution in [2.24, 2.45) is 7.05 Å². The van der Waals surface area contributed by atoms with Crippen LogP contribution in [0.15, 0.2) is 0 Å². The maximum atomic E-state index is 12.0. The molecule has 0 fully saturated rings. The fourth-order valence-electron chi connectivity index (χ4n) is 1.71. The molecule has 1 N–H and O–H groups in total. The van der Waals surface area contributed by atoms with Crippen LogP contribution in [0.5, 0.6) is 0 Å². The van der Waals surface area contributed by atoms with Crippen molar-refractivity contribution in [1.82, 2.24) is 15.1 Å². The van der Waals surface area contributed by atoms with Gasteiger partial charge in [0.05, 0.1) is 12.3 Å². The second kappa shape index (κ2) is 6.58. The first kappa shape index (κ1) is 16.3. The van der Waals surface area contributed by atoms with Crippen LogP contribution >= 0.6 is 11.6 Å². The molecule has 0 bridgehead atoms. The molecule has 0 aliphatic heterocycles. The summed E-state index contributed by atoms with van der Waals surface area (Å²) in [5.41, 5.74) is 1.59. The van der Waals surface area contributed by atoms with Crippen LogP contribution in [0, 0.1) is 6.92 Å². The van der Waals surface area contributed by atoms with Gasteiger partial charge in [-0.1, -0.05) is 11.6 Å². The third-order valence-electron chi connectivity index (χ3n) is 2.71. The summed E-state index contributed by atoms with van der Waals surface area (Å²) in [6.07, 6.45) is -3.84. The molecule has 1 rings (SSSR count). The molecule has 19 heavy (non-hydrogen) atoms. The minimum Gasteiger partial charge on any atom is -0.370 e. The van der Waals surface area contributed by atoms with E-state index in [-0.39, 0.29) is 12.6 Å². The average molecular weight is 300 g/mol. The van der Waals surface area contributed by atoms with Crippen molar-refractivity contribution in [3.8, 4) is 0 Å². The van der Waals surface area contributed by atoms with Crippen LogP contribution in [0.3, 0.4) is 0 Å². The van der Waals surface area contributed by atoms with Crippen molar-refractivity contribution < 1.29 is 17.9 Å². The molecule has 8 heteroatoms. The summed E-state index contributed by atoms with van der Waals surface area (Å²) in [6.45, 7) is 0.524. The van der Waals surface area contributed by atoms with Crippen molar-refractivity contribution in [3.63, 3.8) is 0 Å². The Hall–Kier alpha value is -0.790. The van der Waals surface area contributed by atoms with Crippen LogP contribution < -0.4 is 5.32 Å². The maximum Gasteiger partial charge on any atom is 0.411 e. The minimum absolute atomic E-state index is 0.0410. The fraction of sp³-hybridized carbons (Fsp3) is 0.727. The zero-order valence-electron chi connectivity index (χ0n) is 11.0. The molecule has 1 aromatic rings. The van der Waals surface area contributed by atoms with E-state index < -0.39 is 12.8 Å². The highest BCUT2D eigenvalue weighted by Gasteiger charge is 2.28. The van der Waals surface area contributed by atoms with Crippen LogP contribution in [-0.4, -0.2) is 42.3 Å². The monoisotopic (exact) mass is 299 g/mol. The lowest BCUT2D eigenvalue weighted by atomic mass is 10.1. The summed E-state index contributed by atoms with van der Waals surface area (Å²) in [5.74, 6) is 0. The van der Waals surface area contributed by atoms with Gasteiger partial charge >= 0.3 is 6.18 Å². The Labute approximate surface area is 114 Å². The Morgan fingerprint density at radius 2 is 2.11 bits per heavy atom. The lowest BCUT2D eigenvalue weighted by Gasteiger charge is -2.17. The summed E-state index contributed by atoms with van der Waals surface area (Å²) >= 11 is 6.07. The molecule has 1 heterocycles. The number of alkyl halides is 3. The molecule has 0 aromatic carbocycles. The Morgan fingerprint density at radius 3 is 2.53 bits per heavy atom. The molecule has 0 spiro atoms. The third kappa shape index (κ3) is 5.00. The SMILES string of the molecule is CNC(COCC(F)(F)F)Cc1c(C)nn(C)c1Cl. The maximum absolute atomic E-state index is 12.0. The molecule has 110 valence electrons. The number of nitrogens with zero attached hydrogens (tertiary/aromatic N) is 2. The van der Waals surface area contributed by atoms with Crippen molar-refractivity contribution in [1.29, 1.82) is 0 Å². The smallest absolute Gasteiger partial charge is 0.370 e. The second-order valence-electron chi connectivity index (χ2n) is 4.30. The van der Waals surface area contributed by atoms with E-state index in [1.807, 2.05) is 6.92 Å². The number of hydrogen-bond acceptors (Lipinski definition) is 3. The normalized spacial score (nSPS) is 13.8. The summed E-state index contributed by atoms with van der Waals surface area (Å²) in [5, 5.41) is 7.56. The zero-order chi connectivity index (χ0) is 14.6. The Balaban J connectivity index is 2.57. The summed E-state index contributed by atoms with van der Waals surface area (Å²) < 4.78 is 42.2. The van der Waals surface area contributed by atoms with Crippen LogP contribution in [0.2, 0.25) is 5.15 Å². The molecular formula is C11H17ClF3N3O. The van der Waals surface area contributed by atoms with Gasteiger partial charge in [-0.25, -0.2) is 0 Å². The van der Waals surface area contributed by atoms with Gasteiger partial charge in [-0.3, -0.25) is 4.68 Å². The van der Waals surface area contributed by atoms with Crippen LogP contribution in [0.1, 0.15) is 11.3 Å². The Bertz CT molecular complexity index is 420. The number of halogens is 4. The first-order valence-corrected chi connectivity index (χ1v) is 6.12. The summed E-state index contributed by atoms with van der Waals surface area (Å²) in [6, 6.07) is -0.247. The molecule has 1 aromatic heterocycles. The van der Waals surface area contributed by atoms with Gasteiger partial charge in [0, 0.05) is 18.7 Å². The van der Waals surface area contributed by atoms with Gasteiger partial charge in [-0.2, -0.15) is 18.3 Å². The lowest BCUT2D eigenvalue weighted by molar-refractivity contribution is -0.175. The molecule has 0 saturated heterocycles. The van der Waals surface area contributed by atoms with Crippen LogP contribution in [0.4, 0.5) is 13.2 Å². The van der Waals surface area contributed by atoms with E-state index in [0.717, 1.165) is 11.3 Å². The average Bonchev–Trinajstić information content (AvgIpc) is 2.52. The van der Waals surface area contributed by atoms with E-state index in [9.17, 15) is 13.2 Å². The molecule has 0 amide bonds. The first-order valence-electron chi connectivity index (χ1n) is 5.74. The summed E-state index contributed by atoms with van der Waals surface area (Å²) in [4.78, 5) is 0. The highest BCUT2D eigenvalue weighted by molar-refractivity contribution is 6.30.